The summed E-state index contributed by atoms with van der Waals surface area (Å²) in [6, 6.07) is 7.44. The normalized spacial score (nSPS) is 17.8. The van der Waals surface area contributed by atoms with Crippen molar-refractivity contribution in [2.45, 2.75) is 19.0 Å². The molecule has 1 atom stereocenters. The second-order valence-electron chi connectivity index (χ2n) is 4.62. The van der Waals surface area contributed by atoms with E-state index in [2.05, 4.69) is 5.32 Å². The van der Waals surface area contributed by atoms with E-state index in [4.69, 9.17) is 16.3 Å². The van der Waals surface area contributed by atoms with Gasteiger partial charge in [-0.1, -0.05) is 23.7 Å². The van der Waals surface area contributed by atoms with Gasteiger partial charge in [-0.05, 0) is 30.9 Å². The fraction of sp³-hybridized carbons (Fsp3) is 0.333. The molecule has 1 N–H and O–H groups in total. The van der Waals surface area contributed by atoms with Crippen LogP contribution in [-0.2, 0) is 20.9 Å². The highest BCUT2D eigenvalue weighted by Gasteiger charge is 2.30. The van der Waals surface area contributed by atoms with Crippen molar-refractivity contribution in [1.82, 2.24) is 10.2 Å². The number of halogens is 1. The number of esters is 1. The van der Waals surface area contributed by atoms with Gasteiger partial charge < -0.3 is 15.0 Å². The van der Waals surface area contributed by atoms with Crippen molar-refractivity contribution < 1.29 is 14.3 Å². The van der Waals surface area contributed by atoms with E-state index in [0.29, 0.717) is 11.6 Å². The first-order chi connectivity index (χ1) is 10.5. The van der Waals surface area contributed by atoms with Crippen LogP contribution in [0.4, 0.5) is 0 Å². The standard InChI is InChI=1S/C15H17ClN2O3S/c1-3-21-14(20)12-9-18(15(22-2)17-13(12)19)8-10-4-6-11(16)7-5-10/h4-7,9,15H,3,8H2,1-2H3,(H,17,19). The average molecular weight is 341 g/mol. The van der Waals surface area contributed by atoms with Gasteiger partial charge in [-0.2, -0.15) is 0 Å². The lowest BCUT2D eigenvalue weighted by Gasteiger charge is -2.34. The topological polar surface area (TPSA) is 58.6 Å². The molecular formula is C15H17ClN2O3S. The van der Waals surface area contributed by atoms with Gasteiger partial charge in [0, 0.05) is 17.8 Å². The van der Waals surface area contributed by atoms with Gasteiger partial charge in [0.1, 0.15) is 11.1 Å². The number of nitrogens with one attached hydrogen (secondary N) is 1. The van der Waals surface area contributed by atoms with Crippen LogP contribution in [0, 0.1) is 0 Å². The van der Waals surface area contributed by atoms with E-state index in [1.807, 2.05) is 35.4 Å². The summed E-state index contributed by atoms with van der Waals surface area (Å²) in [5.41, 5.74) is 0.807. The van der Waals surface area contributed by atoms with Crippen molar-refractivity contribution in [3.05, 3.63) is 46.6 Å². The highest BCUT2D eigenvalue weighted by Crippen LogP contribution is 2.21. The van der Waals surface area contributed by atoms with Gasteiger partial charge in [0.2, 0.25) is 0 Å². The summed E-state index contributed by atoms with van der Waals surface area (Å²) in [4.78, 5) is 25.7. The lowest BCUT2D eigenvalue weighted by atomic mass is 10.2. The molecule has 1 heterocycles. The van der Waals surface area contributed by atoms with Crippen LogP contribution in [0.5, 0.6) is 0 Å². The number of carbonyl (C=O) groups excluding carboxylic acids is 2. The predicted octanol–water partition coefficient (Wildman–Crippen LogP) is 2.37. The molecule has 1 aromatic rings. The molecule has 0 fully saturated rings. The molecule has 0 bridgehead atoms. The number of nitrogens with zero attached hydrogens (tertiary/aromatic N) is 1. The monoisotopic (exact) mass is 340 g/mol. The Balaban J connectivity index is 2.22. The predicted molar refractivity (Wildman–Crippen MR) is 87.2 cm³/mol. The SMILES string of the molecule is CCOC(=O)C1=CN(Cc2ccc(Cl)cc2)C(SC)NC1=O. The van der Waals surface area contributed by atoms with E-state index in [1.165, 1.54) is 11.8 Å². The quantitative estimate of drug-likeness (QED) is 0.658. The number of benzene rings is 1. The third-order valence-electron chi connectivity index (χ3n) is 3.09. The zero-order valence-corrected chi connectivity index (χ0v) is 13.9. The maximum Gasteiger partial charge on any atom is 0.345 e. The van der Waals surface area contributed by atoms with Crippen LogP contribution in [0.25, 0.3) is 0 Å². The smallest absolute Gasteiger partial charge is 0.345 e. The summed E-state index contributed by atoms with van der Waals surface area (Å²) in [7, 11) is 0. The van der Waals surface area contributed by atoms with Gasteiger partial charge in [-0.3, -0.25) is 4.79 Å². The van der Waals surface area contributed by atoms with Gasteiger partial charge in [0.25, 0.3) is 5.91 Å². The average Bonchev–Trinajstić information content (AvgIpc) is 2.51. The Bertz CT molecular complexity index is 589. The Hall–Kier alpha value is -1.66. The van der Waals surface area contributed by atoms with Crippen LogP contribution >= 0.6 is 23.4 Å². The first-order valence-electron chi connectivity index (χ1n) is 6.78. The van der Waals surface area contributed by atoms with Gasteiger partial charge in [0.05, 0.1) is 6.61 Å². The summed E-state index contributed by atoms with van der Waals surface area (Å²) in [5.74, 6) is -1.02. The minimum absolute atomic E-state index is 0.0149. The van der Waals surface area contributed by atoms with E-state index >= 15 is 0 Å². The molecule has 0 aromatic heterocycles. The fourth-order valence-electron chi connectivity index (χ4n) is 2.04. The van der Waals surface area contributed by atoms with Crippen LogP contribution in [0.1, 0.15) is 12.5 Å². The molecule has 0 spiro atoms. The highest BCUT2D eigenvalue weighted by molar-refractivity contribution is 7.99. The van der Waals surface area contributed by atoms with Crippen molar-refractivity contribution >= 4 is 35.2 Å². The third kappa shape index (κ3) is 3.96. The highest BCUT2D eigenvalue weighted by atomic mass is 35.5. The van der Waals surface area contributed by atoms with E-state index in [9.17, 15) is 9.59 Å². The molecule has 1 aliphatic rings. The summed E-state index contributed by atoms with van der Waals surface area (Å²) < 4.78 is 4.92. The number of ether oxygens (including phenoxy) is 1. The van der Waals surface area contributed by atoms with Crippen molar-refractivity contribution in [2.24, 2.45) is 0 Å². The zero-order chi connectivity index (χ0) is 16.1. The fourth-order valence-corrected chi connectivity index (χ4v) is 2.80. The first-order valence-corrected chi connectivity index (χ1v) is 8.44. The van der Waals surface area contributed by atoms with Gasteiger partial charge in [-0.25, -0.2) is 4.79 Å². The minimum Gasteiger partial charge on any atom is -0.462 e. The molecule has 7 heteroatoms. The van der Waals surface area contributed by atoms with Crippen LogP contribution in [0.15, 0.2) is 36.0 Å². The second kappa shape index (κ2) is 7.56. The molecule has 118 valence electrons. The van der Waals surface area contributed by atoms with E-state index < -0.39 is 11.9 Å². The largest absolute Gasteiger partial charge is 0.462 e. The number of thioether (sulfide) groups is 1. The number of hydrogen-bond acceptors (Lipinski definition) is 5. The lowest BCUT2D eigenvalue weighted by Crippen LogP contribution is -2.49. The Labute approximate surface area is 138 Å². The summed E-state index contributed by atoms with van der Waals surface area (Å²) in [5, 5.41) is 3.46. The number of hydrogen-bond donors (Lipinski definition) is 1. The van der Waals surface area contributed by atoms with E-state index in [-0.39, 0.29) is 17.7 Å². The lowest BCUT2D eigenvalue weighted by molar-refractivity contribution is -0.140. The Morgan fingerprint density at radius 3 is 2.68 bits per heavy atom. The molecule has 1 aromatic carbocycles. The van der Waals surface area contributed by atoms with Gasteiger partial charge >= 0.3 is 5.97 Å². The zero-order valence-electron chi connectivity index (χ0n) is 12.3. The maximum absolute atomic E-state index is 12.0. The molecule has 1 aliphatic heterocycles. The van der Waals surface area contributed by atoms with Crippen LogP contribution < -0.4 is 5.32 Å². The molecular weight excluding hydrogens is 324 g/mol. The molecule has 1 unspecified atom stereocenters. The van der Waals surface area contributed by atoms with Crippen LogP contribution in [0.2, 0.25) is 5.02 Å². The summed E-state index contributed by atoms with van der Waals surface area (Å²) in [6.45, 7) is 2.48. The molecule has 22 heavy (non-hydrogen) atoms. The van der Waals surface area contributed by atoms with Crippen LogP contribution in [0.3, 0.4) is 0 Å². The summed E-state index contributed by atoms with van der Waals surface area (Å²) >= 11 is 7.36. The Kier molecular flexibility index (Phi) is 5.74. The molecule has 1 amide bonds. The molecule has 0 radical (unpaired) electrons. The van der Waals surface area contributed by atoms with E-state index in [0.717, 1.165) is 5.56 Å². The molecule has 5 nitrogen and oxygen atoms in total. The Morgan fingerprint density at radius 2 is 2.09 bits per heavy atom. The van der Waals surface area contributed by atoms with Crippen molar-refractivity contribution in [1.29, 1.82) is 0 Å². The number of carbonyl (C=O) groups is 2. The van der Waals surface area contributed by atoms with Crippen molar-refractivity contribution in [3.8, 4) is 0 Å². The third-order valence-corrected chi connectivity index (χ3v) is 4.18. The molecule has 2 rings (SSSR count). The van der Waals surface area contributed by atoms with Crippen LogP contribution in [-0.4, -0.2) is 35.1 Å². The first kappa shape index (κ1) is 16.7. The molecule has 0 saturated heterocycles. The molecule has 0 aliphatic carbocycles. The number of amides is 1. The van der Waals surface area contributed by atoms with Gasteiger partial charge in [0.15, 0.2) is 0 Å². The summed E-state index contributed by atoms with van der Waals surface area (Å²) in [6.07, 6.45) is 3.45. The van der Waals surface area contributed by atoms with Crippen molar-refractivity contribution in [2.75, 3.05) is 12.9 Å². The number of rotatable bonds is 5. The Morgan fingerprint density at radius 1 is 1.41 bits per heavy atom. The van der Waals surface area contributed by atoms with Gasteiger partial charge in [-0.15, -0.1) is 11.8 Å². The minimum atomic E-state index is -0.611. The maximum atomic E-state index is 12.0. The van der Waals surface area contributed by atoms with E-state index in [1.54, 1.807) is 13.1 Å². The second-order valence-corrected chi connectivity index (χ2v) is 5.98. The molecule has 0 saturated carbocycles. The van der Waals surface area contributed by atoms with Crippen molar-refractivity contribution in [3.63, 3.8) is 0 Å².